The smallest absolute Gasteiger partial charge is 0.211 e. The Morgan fingerprint density at radius 1 is 1.36 bits per heavy atom. The van der Waals surface area contributed by atoms with E-state index in [1.807, 2.05) is 26.0 Å². The predicted molar refractivity (Wildman–Crippen MR) is 99.5 cm³/mol. The summed E-state index contributed by atoms with van der Waals surface area (Å²) in [5, 5.41) is 2.72. The molecule has 25 heavy (non-hydrogen) atoms. The van der Waals surface area contributed by atoms with Gasteiger partial charge in [0.05, 0.1) is 31.0 Å². The highest BCUT2D eigenvalue weighted by Crippen LogP contribution is 2.32. The number of rotatable bonds is 7. The zero-order chi connectivity index (χ0) is 17.8. The summed E-state index contributed by atoms with van der Waals surface area (Å²) in [6.45, 7) is 7.74. The van der Waals surface area contributed by atoms with Gasteiger partial charge in [0, 0.05) is 30.9 Å². The summed E-state index contributed by atoms with van der Waals surface area (Å²) < 4.78 is 11.2. The van der Waals surface area contributed by atoms with E-state index in [0.717, 1.165) is 37.7 Å². The van der Waals surface area contributed by atoms with E-state index < -0.39 is 0 Å². The van der Waals surface area contributed by atoms with E-state index >= 15 is 0 Å². The molecule has 1 atom stereocenters. The number of hydrogen-bond donors (Lipinski definition) is 1. The van der Waals surface area contributed by atoms with E-state index in [1.165, 1.54) is 12.8 Å². The van der Waals surface area contributed by atoms with Gasteiger partial charge in [0.2, 0.25) is 6.41 Å². The molecular weight excluding hydrogens is 318 g/mol. The first kappa shape index (κ1) is 18.0. The molecule has 1 amide bonds. The first-order chi connectivity index (χ1) is 12.1. The molecular formula is C19H29N3O3. The van der Waals surface area contributed by atoms with Crippen LogP contribution in [0.5, 0.6) is 5.75 Å². The molecule has 6 nitrogen and oxygen atoms in total. The SMILES string of the molecule is CC(C)Oc1cc(N2CCC[C@@H](N(C)C3COC3)C2)ccc1NC=O. The Hall–Kier alpha value is -1.79. The van der Waals surface area contributed by atoms with Crippen molar-refractivity contribution in [1.82, 2.24) is 4.90 Å². The van der Waals surface area contributed by atoms with Gasteiger partial charge in [0.1, 0.15) is 5.75 Å². The largest absolute Gasteiger partial charge is 0.489 e. The van der Waals surface area contributed by atoms with Crippen LogP contribution in [0.1, 0.15) is 26.7 Å². The lowest BCUT2D eigenvalue weighted by molar-refractivity contribution is -0.105. The third kappa shape index (κ3) is 4.25. The molecule has 0 aliphatic carbocycles. The Morgan fingerprint density at radius 3 is 2.80 bits per heavy atom. The van der Waals surface area contributed by atoms with Crippen molar-refractivity contribution in [3.8, 4) is 5.75 Å². The molecule has 3 rings (SSSR count). The van der Waals surface area contributed by atoms with Gasteiger partial charge in [0.15, 0.2) is 0 Å². The molecule has 2 saturated heterocycles. The molecule has 1 aromatic carbocycles. The third-order valence-corrected chi connectivity index (χ3v) is 5.08. The lowest BCUT2D eigenvalue weighted by Crippen LogP contribution is -2.56. The Bertz CT molecular complexity index is 589. The fraction of sp³-hybridized carbons (Fsp3) is 0.632. The number of ether oxygens (including phenoxy) is 2. The van der Waals surface area contributed by atoms with Crippen molar-refractivity contribution < 1.29 is 14.3 Å². The highest BCUT2D eigenvalue weighted by atomic mass is 16.5. The second kappa shape index (κ2) is 8.06. The molecule has 0 unspecified atom stereocenters. The van der Waals surface area contributed by atoms with Crippen LogP contribution in [0.25, 0.3) is 0 Å². The fourth-order valence-corrected chi connectivity index (χ4v) is 3.52. The van der Waals surface area contributed by atoms with Crippen molar-refractivity contribution in [3.63, 3.8) is 0 Å². The van der Waals surface area contributed by atoms with Crippen LogP contribution in [0.4, 0.5) is 11.4 Å². The van der Waals surface area contributed by atoms with Gasteiger partial charge in [-0.15, -0.1) is 0 Å². The summed E-state index contributed by atoms with van der Waals surface area (Å²) in [6.07, 6.45) is 3.15. The number of carbonyl (C=O) groups is 1. The van der Waals surface area contributed by atoms with E-state index in [0.29, 0.717) is 24.2 Å². The molecule has 1 aromatic rings. The highest BCUT2D eigenvalue weighted by molar-refractivity contribution is 5.77. The zero-order valence-corrected chi connectivity index (χ0v) is 15.4. The number of nitrogens with one attached hydrogen (secondary N) is 1. The molecule has 1 N–H and O–H groups in total. The molecule has 0 saturated carbocycles. The van der Waals surface area contributed by atoms with Crippen LogP contribution in [0.2, 0.25) is 0 Å². The van der Waals surface area contributed by atoms with Crippen molar-refractivity contribution in [2.24, 2.45) is 0 Å². The van der Waals surface area contributed by atoms with Crippen molar-refractivity contribution >= 4 is 17.8 Å². The zero-order valence-electron chi connectivity index (χ0n) is 15.4. The number of likely N-dealkylation sites (N-methyl/N-ethyl adjacent to an activating group) is 1. The Morgan fingerprint density at radius 2 is 2.16 bits per heavy atom. The number of carbonyl (C=O) groups excluding carboxylic acids is 1. The van der Waals surface area contributed by atoms with Gasteiger partial charge >= 0.3 is 0 Å². The van der Waals surface area contributed by atoms with Crippen molar-refractivity contribution in [1.29, 1.82) is 0 Å². The molecule has 0 radical (unpaired) electrons. The van der Waals surface area contributed by atoms with E-state index in [4.69, 9.17) is 9.47 Å². The van der Waals surface area contributed by atoms with Gasteiger partial charge in [-0.1, -0.05) is 0 Å². The van der Waals surface area contributed by atoms with Gasteiger partial charge in [0.25, 0.3) is 0 Å². The molecule has 2 aliphatic rings. The second-order valence-electron chi connectivity index (χ2n) is 7.21. The standard InChI is InChI=1S/C19H29N3O3/c1-14(2)25-19-9-15(6-7-18(19)20-13-23)22-8-4-5-16(10-22)21(3)17-11-24-12-17/h6-7,9,13-14,16-17H,4-5,8,10-12H2,1-3H3,(H,20,23)/t16-/m1/s1. The maximum atomic E-state index is 10.8. The van der Waals surface area contributed by atoms with E-state index in [9.17, 15) is 4.79 Å². The molecule has 0 bridgehead atoms. The minimum Gasteiger partial charge on any atom is -0.489 e. The predicted octanol–water partition coefficient (Wildman–Crippen LogP) is 2.34. The van der Waals surface area contributed by atoms with Gasteiger partial charge < -0.3 is 19.7 Å². The average Bonchev–Trinajstić information content (AvgIpc) is 2.54. The van der Waals surface area contributed by atoms with Crippen LogP contribution in [0.3, 0.4) is 0 Å². The second-order valence-corrected chi connectivity index (χ2v) is 7.21. The number of piperidine rings is 1. The number of hydrogen-bond acceptors (Lipinski definition) is 5. The number of nitrogens with zero attached hydrogens (tertiary/aromatic N) is 2. The molecule has 6 heteroatoms. The quantitative estimate of drug-likeness (QED) is 0.768. The summed E-state index contributed by atoms with van der Waals surface area (Å²) in [5.41, 5.74) is 1.86. The lowest BCUT2D eigenvalue weighted by atomic mass is 10.0. The van der Waals surface area contributed by atoms with E-state index in [1.54, 1.807) is 0 Å². The topological polar surface area (TPSA) is 54.0 Å². The van der Waals surface area contributed by atoms with Gasteiger partial charge in [-0.3, -0.25) is 9.69 Å². The summed E-state index contributed by atoms with van der Waals surface area (Å²) >= 11 is 0. The normalized spacial score (nSPS) is 21.3. The van der Waals surface area contributed by atoms with Crippen LogP contribution < -0.4 is 15.0 Å². The van der Waals surface area contributed by atoms with Crippen LogP contribution >= 0.6 is 0 Å². The van der Waals surface area contributed by atoms with E-state index in [-0.39, 0.29) is 6.10 Å². The molecule has 138 valence electrons. The monoisotopic (exact) mass is 347 g/mol. The van der Waals surface area contributed by atoms with Crippen LogP contribution in [0, 0.1) is 0 Å². The van der Waals surface area contributed by atoms with Crippen molar-refractivity contribution in [3.05, 3.63) is 18.2 Å². The maximum Gasteiger partial charge on any atom is 0.211 e. The van der Waals surface area contributed by atoms with Crippen LogP contribution in [-0.2, 0) is 9.53 Å². The van der Waals surface area contributed by atoms with E-state index in [2.05, 4.69) is 28.2 Å². The third-order valence-electron chi connectivity index (χ3n) is 5.08. The van der Waals surface area contributed by atoms with Crippen molar-refractivity contribution in [2.75, 3.05) is 43.6 Å². The Kier molecular flexibility index (Phi) is 5.81. The molecule has 0 spiro atoms. The Labute approximate surface area is 150 Å². The number of amides is 1. The maximum absolute atomic E-state index is 10.8. The molecule has 2 aliphatic heterocycles. The van der Waals surface area contributed by atoms with Crippen molar-refractivity contribution in [2.45, 2.75) is 44.9 Å². The van der Waals surface area contributed by atoms with Crippen LogP contribution in [0.15, 0.2) is 18.2 Å². The first-order valence-electron chi connectivity index (χ1n) is 9.14. The Balaban J connectivity index is 1.74. The minimum absolute atomic E-state index is 0.0568. The van der Waals surface area contributed by atoms with Gasteiger partial charge in [-0.05, 0) is 45.9 Å². The lowest BCUT2D eigenvalue weighted by Gasteiger charge is -2.44. The van der Waals surface area contributed by atoms with Gasteiger partial charge in [-0.2, -0.15) is 0 Å². The average molecular weight is 347 g/mol. The summed E-state index contributed by atoms with van der Waals surface area (Å²) in [7, 11) is 2.21. The summed E-state index contributed by atoms with van der Waals surface area (Å²) in [6, 6.07) is 7.14. The molecule has 2 fully saturated rings. The number of anilines is 2. The number of benzene rings is 1. The molecule has 0 aromatic heterocycles. The summed E-state index contributed by atoms with van der Waals surface area (Å²) in [4.78, 5) is 15.7. The van der Waals surface area contributed by atoms with Gasteiger partial charge in [-0.25, -0.2) is 0 Å². The highest BCUT2D eigenvalue weighted by Gasteiger charge is 2.31. The summed E-state index contributed by atoms with van der Waals surface area (Å²) in [5.74, 6) is 0.725. The first-order valence-corrected chi connectivity index (χ1v) is 9.14. The fourth-order valence-electron chi connectivity index (χ4n) is 3.52. The van der Waals surface area contributed by atoms with Crippen LogP contribution in [-0.4, -0.2) is 62.8 Å². The minimum atomic E-state index is 0.0568. The molecule has 2 heterocycles.